The number of carbonyl (C=O) groups excluding carboxylic acids is 1. The van der Waals surface area contributed by atoms with Gasteiger partial charge >= 0.3 is 0 Å². The van der Waals surface area contributed by atoms with Crippen molar-refractivity contribution in [3.05, 3.63) is 35.5 Å². The van der Waals surface area contributed by atoms with Crippen LogP contribution in [0.15, 0.2) is 23.0 Å². The zero-order chi connectivity index (χ0) is 16.5. The molecule has 2 aromatic heterocycles. The third kappa shape index (κ3) is 3.36. The zero-order valence-corrected chi connectivity index (χ0v) is 14.0. The number of amides is 1. The molecule has 7 nitrogen and oxygen atoms in total. The van der Waals surface area contributed by atoms with Crippen LogP contribution in [0.5, 0.6) is 0 Å². The van der Waals surface area contributed by atoms with Gasteiger partial charge in [-0.15, -0.1) is 0 Å². The molecule has 1 aliphatic carbocycles. The first-order valence-electron chi connectivity index (χ1n) is 8.65. The van der Waals surface area contributed by atoms with E-state index >= 15 is 0 Å². The van der Waals surface area contributed by atoms with Gasteiger partial charge in [-0.25, -0.2) is 0 Å². The molecule has 4 rings (SSSR count). The number of aromatic nitrogens is 3. The van der Waals surface area contributed by atoms with Crippen molar-refractivity contribution >= 4 is 5.91 Å². The Morgan fingerprint density at radius 1 is 1.29 bits per heavy atom. The van der Waals surface area contributed by atoms with Crippen molar-refractivity contribution in [1.29, 1.82) is 0 Å². The summed E-state index contributed by atoms with van der Waals surface area (Å²) in [4.78, 5) is 16.8. The van der Waals surface area contributed by atoms with Crippen molar-refractivity contribution in [1.82, 2.24) is 24.7 Å². The molecule has 1 amide bonds. The van der Waals surface area contributed by atoms with Crippen LogP contribution in [-0.4, -0.2) is 56.8 Å². The topological polar surface area (TPSA) is 67.4 Å². The number of nitrogens with zero attached hydrogens (tertiary/aromatic N) is 5. The van der Waals surface area contributed by atoms with Gasteiger partial charge in [0.05, 0.1) is 17.5 Å². The Hall–Kier alpha value is -2.15. The van der Waals surface area contributed by atoms with Crippen LogP contribution < -0.4 is 0 Å². The molecular formula is C17H23N5O2. The Labute approximate surface area is 141 Å². The third-order valence-corrected chi connectivity index (χ3v) is 4.77. The van der Waals surface area contributed by atoms with E-state index < -0.39 is 0 Å². The largest absolute Gasteiger partial charge is 0.361 e. The second kappa shape index (κ2) is 6.39. The second-order valence-electron chi connectivity index (χ2n) is 6.82. The van der Waals surface area contributed by atoms with E-state index in [1.54, 1.807) is 17.1 Å². The summed E-state index contributed by atoms with van der Waals surface area (Å²) in [6.45, 7) is 4.16. The van der Waals surface area contributed by atoms with Crippen molar-refractivity contribution in [2.24, 2.45) is 7.05 Å². The maximum atomic E-state index is 12.5. The molecular weight excluding hydrogens is 306 g/mol. The van der Waals surface area contributed by atoms with E-state index in [1.807, 2.05) is 11.9 Å². The van der Waals surface area contributed by atoms with Crippen molar-refractivity contribution in [3.63, 3.8) is 0 Å². The average Bonchev–Trinajstić information content (AvgIpc) is 3.24. The molecule has 2 aliphatic rings. The lowest BCUT2D eigenvalue weighted by atomic mass is 10.2. The predicted octanol–water partition coefficient (Wildman–Crippen LogP) is 1.63. The molecule has 2 fully saturated rings. The average molecular weight is 329 g/mol. The van der Waals surface area contributed by atoms with Gasteiger partial charge in [-0.05, 0) is 19.3 Å². The van der Waals surface area contributed by atoms with Crippen LogP contribution in [0, 0.1) is 0 Å². The molecule has 3 heterocycles. The van der Waals surface area contributed by atoms with Gasteiger partial charge in [0.2, 0.25) is 0 Å². The molecule has 0 unspecified atom stereocenters. The Balaban J connectivity index is 1.34. The molecule has 7 heteroatoms. The van der Waals surface area contributed by atoms with Gasteiger partial charge in [0.25, 0.3) is 5.91 Å². The summed E-state index contributed by atoms with van der Waals surface area (Å²) in [6, 6.07) is 2.10. The minimum Gasteiger partial charge on any atom is -0.361 e. The first-order valence-corrected chi connectivity index (χ1v) is 8.65. The maximum Gasteiger partial charge on any atom is 0.257 e. The number of hydrogen-bond acceptors (Lipinski definition) is 5. The van der Waals surface area contributed by atoms with E-state index in [1.165, 1.54) is 12.8 Å². The van der Waals surface area contributed by atoms with E-state index in [9.17, 15) is 4.79 Å². The Morgan fingerprint density at radius 2 is 2.17 bits per heavy atom. The second-order valence-corrected chi connectivity index (χ2v) is 6.82. The van der Waals surface area contributed by atoms with Crippen molar-refractivity contribution < 1.29 is 9.32 Å². The van der Waals surface area contributed by atoms with Gasteiger partial charge in [-0.2, -0.15) is 5.10 Å². The first-order chi connectivity index (χ1) is 11.7. The highest BCUT2D eigenvalue weighted by atomic mass is 16.5. The van der Waals surface area contributed by atoms with E-state index in [0.717, 1.165) is 50.6 Å². The summed E-state index contributed by atoms with van der Waals surface area (Å²) in [5, 5.41) is 8.29. The van der Waals surface area contributed by atoms with Gasteiger partial charge in [-0.3, -0.25) is 14.4 Å². The minimum absolute atomic E-state index is 0.0717. The van der Waals surface area contributed by atoms with E-state index in [0.29, 0.717) is 11.5 Å². The molecule has 0 spiro atoms. The van der Waals surface area contributed by atoms with Gasteiger partial charge < -0.3 is 9.42 Å². The van der Waals surface area contributed by atoms with Crippen molar-refractivity contribution in [2.45, 2.75) is 31.7 Å². The monoisotopic (exact) mass is 329 g/mol. The van der Waals surface area contributed by atoms with Crippen molar-refractivity contribution in [3.8, 4) is 0 Å². The molecule has 0 N–H and O–H groups in total. The standard InChI is InChI=1S/C17H23N5O2/c1-20-11-14(10-18-20)17(23)22-6-2-5-21(7-8-22)12-15-9-16(24-19-15)13-3-4-13/h9-11,13H,2-8,12H2,1H3. The zero-order valence-electron chi connectivity index (χ0n) is 14.0. The van der Waals surface area contributed by atoms with Crippen LogP contribution >= 0.6 is 0 Å². The smallest absolute Gasteiger partial charge is 0.257 e. The molecule has 1 saturated carbocycles. The van der Waals surface area contributed by atoms with E-state index in [-0.39, 0.29) is 5.91 Å². The van der Waals surface area contributed by atoms with Crippen LogP contribution in [0.4, 0.5) is 0 Å². The van der Waals surface area contributed by atoms with Gasteiger partial charge in [-0.1, -0.05) is 5.16 Å². The minimum atomic E-state index is 0.0717. The molecule has 0 atom stereocenters. The molecule has 0 bridgehead atoms. The highest BCUT2D eigenvalue weighted by Crippen LogP contribution is 2.40. The number of aryl methyl sites for hydroxylation is 1. The van der Waals surface area contributed by atoms with Gasteiger partial charge in [0, 0.05) is 58.0 Å². The van der Waals surface area contributed by atoms with Crippen molar-refractivity contribution in [2.75, 3.05) is 26.2 Å². The number of rotatable bonds is 4. The Bertz CT molecular complexity index is 718. The Morgan fingerprint density at radius 3 is 2.92 bits per heavy atom. The lowest BCUT2D eigenvalue weighted by molar-refractivity contribution is 0.0761. The highest BCUT2D eigenvalue weighted by Gasteiger charge is 2.28. The SMILES string of the molecule is Cn1cc(C(=O)N2CCCN(Cc3cc(C4CC4)on3)CC2)cn1. The fourth-order valence-electron chi connectivity index (χ4n) is 3.24. The van der Waals surface area contributed by atoms with E-state index in [2.05, 4.69) is 21.2 Å². The quantitative estimate of drug-likeness (QED) is 0.853. The fraction of sp³-hybridized carbons (Fsp3) is 0.588. The molecule has 0 radical (unpaired) electrons. The molecule has 128 valence electrons. The lowest BCUT2D eigenvalue weighted by Gasteiger charge is -2.20. The Kier molecular flexibility index (Phi) is 4.10. The summed E-state index contributed by atoms with van der Waals surface area (Å²) in [5.74, 6) is 1.71. The van der Waals surface area contributed by atoms with Crippen LogP contribution in [0.1, 0.15) is 47.0 Å². The number of carbonyl (C=O) groups is 1. The highest BCUT2D eigenvalue weighted by molar-refractivity contribution is 5.93. The summed E-state index contributed by atoms with van der Waals surface area (Å²) in [6.07, 6.45) is 6.84. The van der Waals surface area contributed by atoms with Crippen LogP contribution in [0.2, 0.25) is 0 Å². The fourth-order valence-corrected chi connectivity index (χ4v) is 3.24. The van der Waals surface area contributed by atoms with Gasteiger partial charge in [0.15, 0.2) is 0 Å². The first kappa shape index (κ1) is 15.4. The van der Waals surface area contributed by atoms with E-state index in [4.69, 9.17) is 4.52 Å². The summed E-state index contributed by atoms with van der Waals surface area (Å²) < 4.78 is 7.10. The summed E-state index contributed by atoms with van der Waals surface area (Å²) in [5.41, 5.74) is 1.67. The van der Waals surface area contributed by atoms with Crippen LogP contribution in [0.25, 0.3) is 0 Å². The lowest BCUT2D eigenvalue weighted by Crippen LogP contribution is -2.35. The molecule has 1 aliphatic heterocycles. The molecule has 0 aromatic carbocycles. The van der Waals surface area contributed by atoms with Crippen LogP contribution in [-0.2, 0) is 13.6 Å². The summed E-state index contributed by atoms with van der Waals surface area (Å²) in [7, 11) is 1.83. The predicted molar refractivity (Wildman–Crippen MR) is 87.5 cm³/mol. The molecule has 24 heavy (non-hydrogen) atoms. The molecule has 2 aromatic rings. The third-order valence-electron chi connectivity index (χ3n) is 4.77. The number of hydrogen-bond donors (Lipinski definition) is 0. The van der Waals surface area contributed by atoms with Gasteiger partial charge in [0.1, 0.15) is 5.76 Å². The molecule has 1 saturated heterocycles. The normalized spacial score (nSPS) is 19.5. The summed E-state index contributed by atoms with van der Waals surface area (Å²) >= 11 is 0. The maximum absolute atomic E-state index is 12.5. The van der Waals surface area contributed by atoms with Crippen LogP contribution in [0.3, 0.4) is 0 Å².